The highest BCUT2D eigenvalue weighted by molar-refractivity contribution is 5.19. The van der Waals surface area contributed by atoms with Gasteiger partial charge in [-0.15, -0.1) is 0 Å². The number of hydrogen-bond acceptors (Lipinski definition) is 0. The van der Waals surface area contributed by atoms with Crippen molar-refractivity contribution >= 4 is 0 Å². The molecule has 0 aliphatic rings. The Kier molecular flexibility index (Phi) is 6.64. The average Bonchev–Trinajstić information content (AvgIpc) is 2.35. The second-order valence-electron chi connectivity index (χ2n) is 4.37. The molecule has 0 amide bonds. The van der Waals surface area contributed by atoms with E-state index in [2.05, 4.69) is 56.3 Å². The minimum atomic E-state index is 0.756. The van der Waals surface area contributed by atoms with E-state index in [1.807, 2.05) is 0 Å². The van der Waals surface area contributed by atoms with E-state index in [-0.39, 0.29) is 0 Å². The first kappa shape index (κ1) is 13.0. The highest BCUT2D eigenvalue weighted by Gasteiger charge is 2.07. The van der Waals surface area contributed by atoms with Crippen molar-refractivity contribution in [3.8, 4) is 0 Å². The fourth-order valence-corrected chi connectivity index (χ4v) is 2.15. The molecule has 1 atom stereocenters. The lowest BCUT2D eigenvalue weighted by atomic mass is 9.91. The summed E-state index contributed by atoms with van der Waals surface area (Å²) in [5.41, 5.74) is 1.51. The van der Waals surface area contributed by atoms with Crippen LogP contribution >= 0.6 is 0 Å². The molecule has 1 aromatic carbocycles. The van der Waals surface area contributed by atoms with Gasteiger partial charge in [0.2, 0.25) is 0 Å². The number of unbranched alkanes of at least 4 members (excludes halogenated alkanes) is 2. The minimum Gasteiger partial charge on any atom is -0.0917 e. The molecular weight excluding hydrogens is 192 g/mol. The van der Waals surface area contributed by atoms with Crippen molar-refractivity contribution < 1.29 is 0 Å². The van der Waals surface area contributed by atoms with Crippen molar-refractivity contribution in [2.45, 2.75) is 51.9 Å². The van der Waals surface area contributed by atoms with E-state index in [0.29, 0.717) is 0 Å². The Morgan fingerprint density at radius 3 is 2.50 bits per heavy atom. The molecule has 0 saturated heterocycles. The van der Waals surface area contributed by atoms with Crippen molar-refractivity contribution in [3.05, 3.63) is 48.0 Å². The van der Waals surface area contributed by atoms with E-state index in [1.165, 1.54) is 37.7 Å². The van der Waals surface area contributed by atoms with E-state index >= 15 is 0 Å². The number of allylic oxidation sites excluding steroid dienone is 2. The molecule has 0 nitrogen and oxygen atoms in total. The number of rotatable bonds is 7. The zero-order valence-electron chi connectivity index (χ0n) is 10.7. The van der Waals surface area contributed by atoms with Crippen LogP contribution in [0.4, 0.5) is 0 Å². The molecule has 0 radical (unpaired) electrons. The predicted molar refractivity (Wildman–Crippen MR) is 72.8 cm³/mol. The van der Waals surface area contributed by atoms with Gasteiger partial charge in [-0.1, -0.05) is 55.8 Å². The van der Waals surface area contributed by atoms with Gasteiger partial charge in [-0.25, -0.2) is 0 Å². The monoisotopic (exact) mass is 216 g/mol. The zero-order valence-corrected chi connectivity index (χ0v) is 10.7. The number of hydrogen-bond donors (Lipinski definition) is 0. The summed E-state index contributed by atoms with van der Waals surface area (Å²) in [5.74, 6) is 0.756. The summed E-state index contributed by atoms with van der Waals surface area (Å²) < 4.78 is 0. The molecule has 0 fully saturated rings. The van der Waals surface area contributed by atoms with Crippen LogP contribution in [-0.2, 0) is 0 Å². The maximum Gasteiger partial charge on any atom is -0.0165 e. The third kappa shape index (κ3) is 4.65. The predicted octanol–water partition coefficient (Wildman–Crippen LogP) is 5.32. The van der Waals surface area contributed by atoms with E-state index in [0.717, 1.165) is 5.92 Å². The molecule has 1 rings (SSSR count). The van der Waals surface area contributed by atoms with Crippen molar-refractivity contribution in [2.75, 3.05) is 0 Å². The fourth-order valence-electron chi connectivity index (χ4n) is 2.15. The standard InChI is InChI=1S/C16H24/c1-3-5-6-7-9-12-15(4-2)16-13-10-8-11-14-16/h3,5,8,10-11,13-15H,4,6-7,9,12H2,1-2H3/b5-3+. The molecule has 1 unspecified atom stereocenters. The molecule has 0 aliphatic carbocycles. The van der Waals surface area contributed by atoms with Crippen LogP contribution in [0.1, 0.15) is 57.4 Å². The van der Waals surface area contributed by atoms with Gasteiger partial charge in [0.05, 0.1) is 0 Å². The van der Waals surface area contributed by atoms with E-state index in [1.54, 1.807) is 0 Å². The molecule has 1 aromatic rings. The average molecular weight is 216 g/mol. The van der Waals surface area contributed by atoms with E-state index in [9.17, 15) is 0 Å². The first-order valence-electron chi connectivity index (χ1n) is 6.54. The van der Waals surface area contributed by atoms with E-state index in [4.69, 9.17) is 0 Å². The van der Waals surface area contributed by atoms with Crippen LogP contribution in [-0.4, -0.2) is 0 Å². The van der Waals surface area contributed by atoms with Crippen molar-refractivity contribution in [3.63, 3.8) is 0 Å². The van der Waals surface area contributed by atoms with Crippen molar-refractivity contribution in [2.24, 2.45) is 0 Å². The molecule has 0 spiro atoms. The maximum atomic E-state index is 2.30. The lowest BCUT2D eigenvalue weighted by Crippen LogP contribution is -1.96. The highest BCUT2D eigenvalue weighted by atomic mass is 14.1. The second kappa shape index (κ2) is 8.15. The van der Waals surface area contributed by atoms with Crippen LogP contribution in [0.5, 0.6) is 0 Å². The summed E-state index contributed by atoms with van der Waals surface area (Å²) in [4.78, 5) is 0. The van der Waals surface area contributed by atoms with Gasteiger partial charge in [0.1, 0.15) is 0 Å². The van der Waals surface area contributed by atoms with Gasteiger partial charge in [-0.05, 0) is 44.1 Å². The molecule has 0 N–H and O–H groups in total. The Labute approximate surface area is 100 Å². The van der Waals surface area contributed by atoms with Crippen molar-refractivity contribution in [1.82, 2.24) is 0 Å². The smallest absolute Gasteiger partial charge is 0.0165 e. The maximum absolute atomic E-state index is 2.30. The van der Waals surface area contributed by atoms with Crippen LogP contribution in [0, 0.1) is 0 Å². The van der Waals surface area contributed by atoms with Gasteiger partial charge in [-0.3, -0.25) is 0 Å². The summed E-state index contributed by atoms with van der Waals surface area (Å²) in [6.07, 6.45) is 10.9. The van der Waals surface area contributed by atoms with Gasteiger partial charge >= 0.3 is 0 Å². The Balaban J connectivity index is 2.33. The van der Waals surface area contributed by atoms with Crippen molar-refractivity contribution in [1.29, 1.82) is 0 Å². The summed E-state index contributed by atoms with van der Waals surface area (Å²) in [6.45, 7) is 4.39. The van der Waals surface area contributed by atoms with Gasteiger partial charge in [0, 0.05) is 0 Å². The van der Waals surface area contributed by atoms with Gasteiger partial charge < -0.3 is 0 Å². The van der Waals surface area contributed by atoms with Crippen LogP contribution in [0.15, 0.2) is 42.5 Å². The normalized spacial score (nSPS) is 13.1. The Morgan fingerprint density at radius 1 is 1.12 bits per heavy atom. The molecule has 0 heteroatoms. The first-order valence-corrected chi connectivity index (χ1v) is 6.54. The summed E-state index contributed by atoms with van der Waals surface area (Å²) in [5, 5.41) is 0. The molecular formula is C16H24. The summed E-state index contributed by atoms with van der Waals surface area (Å²) >= 11 is 0. The molecule has 0 aromatic heterocycles. The molecule has 0 aliphatic heterocycles. The van der Waals surface area contributed by atoms with Crippen LogP contribution in [0.2, 0.25) is 0 Å². The largest absolute Gasteiger partial charge is 0.0917 e. The second-order valence-corrected chi connectivity index (χ2v) is 4.37. The summed E-state index contributed by atoms with van der Waals surface area (Å²) in [7, 11) is 0. The topological polar surface area (TPSA) is 0 Å². The van der Waals surface area contributed by atoms with Crippen LogP contribution in [0.3, 0.4) is 0 Å². The van der Waals surface area contributed by atoms with Gasteiger partial charge in [0.25, 0.3) is 0 Å². The van der Waals surface area contributed by atoms with Gasteiger partial charge in [0.15, 0.2) is 0 Å². The van der Waals surface area contributed by atoms with Gasteiger partial charge in [-0.2, -0.15) is 0 Å². The Hall–Kier alpha value is -1.04. The molecule has 0 saturated carbocycles. The van der Waals surface area contributed by atoms with E-state index < -0.39 is 0 Å². The lowest BCUT2D eigenvalue weighted by Gasteiger charge is -2.14. The van der Waals surface area contributed by atoms with Crippen LogP contribution in [0.25, 0.3) is 0 Å². The molecule has 0 bridgehead atoms. The molecule has 88 valence electrons. The molecule has 16 heavy (non-hydrogen) atoms. The molecule has 0 heterocycles. The summed E-state index contributed by atoms with van der Waals surface area (Å²) in [6, 6.07) is 10.9. The third-order valence-electron chi connectivity index (χ3n) is 3.17. The van der Waals surface area contributed by atoms with Crippen LogP contribution < -0.4 is 0 Å². The highest BCUT2D eigenvalue weighted by Crippen LogP contribution is 2.25. The Morgan fingerprint density at radius 2 is 1.88 bits per heavy atom. The Bertz CT molecular complexity index is 284. The zero-order chi connectivity index (χ0) is 11.6. The SMILES string of the molecule is C/C=C/CCCCC(CC)c1ccccc1. The third-order valence-corrected chi connectivity index (χ3v) is 3.17. The fraction of sp³-hybridized carbons (Fsp3) is 0.500. The first-order chi connectivity index (χ1) is 7.88. The lowest BCUT2D eigenvalue weighted by molar-refractivity contribution is 0.560. The minimum absolute atomic E-state index is 0.756. The number of benzene rings is 1. The quantitative estimate of drug-likeness (QED) is 0.427.